The lowest BCUT2D eigenvalue weighted by molar-refractivity contribution is -0.440. The highest BCUT2D eigenvalue weighted by molar-refractivity contribution is 5.76. The van der Waals surface area contributed by atoms with Gasteiger partial charge in [0, 0.05) is 0 Å². The summed E-state index contributed by atoms with van der Waals surface area (Å²) in [6.45, 7) is 26.9. The molecule has 0 aromatic rings. The van der Waals surface area contributed by atoms with Crippen molar-refractivity contribution < 1.29 is 124 Å². The van der Waals surface area contributed by atoms with Crippen molar-refractivity contribution in [1.82, 2.24) is 0 Å². The number of alkyl halides is 13. The Kier molecular flexibility index (Phi) is 47.1. The van der Waals surface area contributed by atoms with Gasteiger partial charge in [0.2, 0.25) is 0 Å². The highest BCUT2D eigenvalue weighted by atomic mass is 19.4. The molecule has 0 radical (unpaired) electrons. The lowest BCUT2D eigenvalue weighted by Crippen LogP contribution is -2.70. The summed E-state index contributed by atoms with van der Waals surface area (Å²) in [4.78, 5) is 24.4. The number of hydrogen-bond donors (Lipinski definition) is 1. The summed E-state index contributed by atoms with van der Waals surface area (Å²) in [5.74, 6) is -38.5. The number of ether oxygens (including phenoxy) is 11. The molecule has 0 rings (SSSR count). The fourth-order valence-corrected chi connectivity index (χ4v) is 5.49. The van der Waals surface area contributed by atoms with Crippen molar-refractivity contribution in [2.75, 3.05) is 6.61 Å². The number of aliphatic hydroxyl groups is 1. The van der Waals surface area contributed by atoms with E-state index in [1.165, 1.54) is 26.8 Å². The van der Waals surface area contributed by atoms with Gasteiger partial charge in [0.1, 0.15) is 0 Å². The summed E-state index contributed by atoms with van der Waals surface area (Å²) >= 11 is 0. The molecule has 0 aliphatic carbocycles. The molecule has 0 atom stereocenters. The first-order valence-electron chi connectivity index (χ1n) is 28.4. The van der Waals surface area contributed by atoms with Crippen LogP contribution in [0.15, 0.2) is 120 Å². The molecule has 0 bridgehead atoms. The van der Waals surface area contributed by atoms with E-state index in [9.17, 15) is 71.8 Å². The predicted octanol–water partition coefficient (Wildman–Crippen LogP) is 22.8. The molecule has 14 nitrogen and oxygen atoms in total. The Hall–Kier alpha value is -6.57. The van der Waals surface area contributed by atoms with Crippen molar-refractivity contribution in [1.29, 1.82) is 0 Å². The predicted molar refractivity (Wildman–Crippen MR) is 324 cm³/mol. The molecule has 27 heteroatoms. The van der Waals surface area contributed by atoms with Crippen molar-refractivity contribution in [2.24, 2.45) is 10.8 Å². The van der Waals surface area contributed by atoms with Crippen LogP contribution in [0, 0.1) is 10.8 Å². The second kappa shape index (κ2) is 44.8. The Bertz CT molecular complexity index is 2430. The molecule has 1 N–H and O–H groups in total. The van der Waals surface area contributed by atoms with Crippen molar-refractivity contribution in [2.45, 2.75) is 260 Å². The molecule has 0 unspecified atom stereocenters. The monoisotopic (exact) mass is 1340 g/mol. The molecule has 0 saturated heterocycles. The number of carbonyl (C=O) groups excluding carboxylic acids is 2. The van der Waals surface area contributed by atoms with Crippen molar-refractivity contribution in [3.63, 3.8) is 0 Å². The van der Waals surface area contributed by atoms with Crippen molar-refractivity contribution >= 4 is 11.9 Å². The van der Waals surface area contributed by atoms with E-state index in [1.807, 2.05) is 90.0 Å². The molecular weight excluding hydrogens is 1240 g/mol. The van der Waals surface area contributed by atoms with E-state index < -0.39 is 71.6 Å². The average molecular weight is 1340 g/mol. The molecule has 0 amide bonds. The third-order valence-corrected chi connectivity index (χ3v) is 11.2. The Morgan fingerprint density at radius 1 is 0.319 bits per heavy atom. The van der Waals surface area contributed by atoms with Gasteiger partial charge < -0.3 is 57.2 Å². The standard InChI is InChI=1S/C46H72O12.C14H15F13O2.4CH4/c1-14-25-35(47)49-36(26-15-2)50-37(27-16-3)51-38(28-17-4)52-39(29-18-5)53-40(30-19-6)54-41(31-20-7)55-42(32-21-8)56-43(33-22-9)57-44(34-23-10)58-45(48)46(12,13)24-11;1-4-8(2,3)7(28)29-6-5-9(15,16)10(17,18)11(19,20)12(21,22)13(23,24)14(25,26)27;;;;/h25-34,47H,14-24H2,1-13H3;4-6H2,1-3H3;4*1H4/b35-25+,36-26+,37-27+,38-28+,39-29+,40-30+,41-31+,42-32+,43-33+,44-34+;;;;;. The van der Waals surface area contributed by atoms with Crippen LogP contribution in [0.3, 0.4) is 0 Å². The van der Waals surface area contributed by atoms with Crippen LogP contribution in [-0.4, -0.2) is 59.4 Å². The lowest BCUT2D eigenvalue weighted by atomic mass is 9.90. The van der Waals surface area contributed by atoms with Gasteiger partial charge in [0.15, 0.2) is 0 Å². The van der Waals surface area contributed by atoms with Crippen LogP contribution in [0.2, 0.25) is 0 Å². The molecule has 0 fully saturated rings. The maximum atomic E-state index is 13.5. The van der Waals surface area contributed by atoms with Gasteiger partial charge in [-0.1, -0.05) is 113 Å². The first-order valence-corrected chi connectivity index (χ1v) is 28.4. The maximum absolute atomic E-state index is 13.5. The minimum absolute atomic E-state index is 0. The Morgan fingerprint density at radius 3 is 0.769 bits per heavy atom. The molecule has 534 valence electrons. The van der Waals surface area contributed by atoms with Crippen LogP contribution >= 0.6 is 0 Å². The van der Waals surface area contributed by atoms with E-state index in [4.69, 9.17) is 47.4 Å². The van der Waals surface area contributed by atoms with E-state index in [0.29, 0.717) is 70.6 Å². The number of esters is 2. The van der Waals surface area contributed by atoms with Gasteiger partial charge in [-0.2, -0.15) is 57.1 Å². The summed E-state index contributed by atoms with van der Waals surface area (Å²) < 4.78 is 231. The highest BCUT2D eigenvalue weighted by Gasteiger charge is 2.90. The number of rotatable bonds is 40. The lowest BCUT2D eigenvalue weighted by Gasteiger charge is -2.39. The van der Waals surface area contributed by atoms with Crippen LogP contribution in [0.5, 0.6) is 0 Å². The Labute approximate surface area is 531 Å². The number of halogens is 13. The Balaban J connectivity index is -0.000000463. The summed E-state index contributed by atoms with van der Waals surface area (Å²) in [5.41, 5.74) is -2.03. The maximum Gasteiger partial charge on any atom is 0.460 e. The molecule has 0 aliphatic rings. The van der Waals surface area contributed by atoms with Gasteiger partial charge in [-0.25, -0.2) is 0 Å². The molecule has 0 aliphatic heterocycles. The highest BCUT2D eigenvalue weighted by Crippen LogP contribution is 2.60. The second-order valence-corrected chi connectivity index (χ2v) is 19.5. The summed E-state index contributed by atoms with van der Waals surface area (Å²) in [7, 11) is 0. The first-order chi connectivity index (χ1) is 40.3. The van der Waals surface area contributed by atoms with E-state index in [2.05, 4.69) is 4.74 Å². The topological polar surface area (TPSA) is 156 Å². The second-order valence-electron chi connectivity index (χ2n) is 19.5. The fourth-order valence-electron chi connectivity index (χ4n) is 5.49. The van der Waals surface area contributed by atoms with Crippen LogP contribution < -0.4 is 0 Å². The number of allylic oxidation sites excluding steroid dienone is 10. The fraction of sp³-hybridized carbons (Fsp3) is 0.656. The average Bonchev–Trinajstić information content (AvgIpc) is 0.715. The SMILES string of the molecule is C.C.C.C.CC/C=C(\O)O/C(=C\CC)O/C(=C\CC)O/C(=C\CC)O/C(=C\CC)O/C(=C\CC)O/C(=C\CC)O/C(=C\CC)O/C(=C\CC)O/C(=C\CC)OC(=O)C(C)(C)CC.CCC(C)(C)C(=O)OCCC(F)(F)C(F)(F)C(F)(F)C(F)(F)C(F)(F)C(F)(F)F. The van der Waals surface area contributed by atoms with E-state index in [1.54, 1.807) is 54.7 Å². The molecule has 0 spiro atoms. The smallest absolute Gasteiger partial charge is 0.460 e. The summed E-state index contributed by atoms with van der Waals surface area (Å²) in [6.07, 6.45) is 13.2. The summed E-state index contributed by atoms with van der Waals surface area (Å²) in [5, 5.41) is 10.1. The number of aliphatic hydroxyl groups excluding tert-OH is 1. The first kappa shape index (κ1) is 95.5. The molecular formula is C64H103F13O14. The van der Waals surface area contributed by atoms with E-state index >= 15 is 0 Å². The minimum atomic E-state index is -7.94. The van der Waals surface area contributed by atoms with Gasteiger partial charge in [0.25, 0.3) is 59.5 Å². The molecule has 0 aromatic carbocycles. The largest absolute Gasteiger partial charge is 0.481 e. The summed E-state index contributed by atoms with van der Waals surface area (Å²) in [6, 6.07) is 0. The number of hydrogen-bond acceptors (Lipinski definition) is 14. The number of carbonyl (C=O) groups is 2. The van der Waals surface area contributed by atoms with Crippen molar-refractivity contribution in [3.05, 3.63) is 120 Å². The van der Waals surface area contributed by atoms with Gasteiger partial charge in [-0.05, 0) is 166 Å². The Morgan fingerprint density at radius 2 is 0.538 bits per heavy atom. The van der Waals surface area contributed by atoms with Gasteiger partial charge in [-0.3, -0.25) is 9.59 Å². The van der Waals surface area contributed by atoms with E-state index in [0.717, 1.165) is 0 Å². The third-order valence-electron chi connectivity index (χ3n) is 11.2. The van der Waals surface area contributed by atoms with Gasteiger partial charge in [-0.15, -0.1) is 0 Å². The normalized spacial score (nSPS) is 14.2. The third kappa shape index (κ3) is 31.1. The van der Waals surface area contributed by atoms with Crippen LogP contribution in [0.4, 0.5) is 57.1 Å². The van der Waals surface area contributed by atoms with Crippen LogP contribution in [-0.2, 0) is 61.7 Å². The van der Waals surface area contributed by atoms with Crippen LogP contribution in [0.25, 0.3) is 0 Å². The van der Waals surface area contributed by atoms with Gasteiger partial charge >= 0.3 is 47.7 Å². The van der Waals surface area contributed by atoms with Gasteiger partial charge in [0.05, 0.1) is 23.9 Å². The zero-order chi connectivity index (χ0) is 67.7. The minimum Gasteiger partial charge on any atom is -0.481 e. The quantitative estimate of drug-likeness (QED) is 0.0351. The molecule has 0 aromatic heterocycles. The van der Waals surface area contributed by atoms with Crippen molar-refractivity contribution in [3.8, 4) is 0 Å². The van der Waals surface area contributed by atoms with Crippen LogP contribution in [0.1, 0.15) is 224 Å². The zero-order valence-electron chi connectivity index (χ0n) is 52.3. The van der Waals surface area contributed by atoms with E-state index in [-0.39, 0.29) is 95.6 Å². The zero-order valence-corrected chi connectivity index (χ0v) is 52.3. The molecule has 91 heavy (non-hydrogen) atoms. The molecule has 0 heterocycles. The molecule has 0 saturated carbocycles.